The Hall–Kier alpha value is -1.27. The van der Waals surface area contributed by atoms with Crippen LogP contribution in [0.25, 0.3) is 0 Å². The molecule has 2 fully saturated rings. The van der Waals surface area contributed by atoms with Gasteiger partial charge in [0.05, 0.1) is 24.3 Å². The first kappa shape index (κ1) is 14.7. The maximum absolute atomic E-state index is 12.9. The molecule has 3 rings (SSSR count). The highest BCUT2D eigenvalue weighted by Crippen LogP contribution is 2.37. The molecule has 2 unspecified atom stereocenters. The summed E-state index contributed by atoms with van der Waals surface area (Å²) in [5.74, 6) is 0. The highest BCUT2D eigenvalue weighted by Gasteiger charge is 2.37. The molecule has 0 aromatic heterocycles. The molecule has 21 heavy (non-hydrogen) atoms. The van der Waals surface area contributed by atoms with E-state index in [1.807, 2.05) is 0 Å². The number of alkyl halides is 3. The van der Waals surface area contributed by atoms with Crippen molar-refractivity contribution < 1.29 is 17.9 Å². The molecule has 6 heteroatoms. The number of morpholine rings is 1. The van der Waals surface area contributed by atoms with Crippen LogP contribution in [0.5, 0.6) is 0 Å². The van der Waals surface area contributed by atoms with Crippen LogP contribution in [0.15, 0.2) is 18.2 Å². The quantitative estimate of drug-likeness (QED) is 0.912. The minimum atomic E-state index is -4.35. The van der Waals surface area contributed by atoms with Gasteiger partial charge in [0.1, 0.15) is 0 Å². The third-order valence-electron chi connectivity index (χ3n) is 4.43. The summed E-state index contributed by atoms with van der Waals surface area (Å²) in [4.78, 5) is 2.18. The van der Waals surface area contributed by atoms with E-state index in [-0.39, 0.29) is 24.3 Å². The zero-order valence-corrected chi connectivity index (χ0v) is 11.7. The van der Waals surface area contributed by atoms with Crippen LogP contribution in [0.3, 0.4) is 0 Å². The Bertz CT molecular complexity index is 518. The summed E-state index contributed by atoms with van der Waals surface area (Å²) >= 11 is 0. The van der Waals surface area contributed by atoms with Gasteiger partial charge < -0.3 is 15.4 Å². The fourth-order valence-corrected chi connectivity index (χ4v) is 3.45. The van der Waals surface area contributed by atoms with E-state index in [9.17, 15) is 13.2 Å². The Kier molecular flexibility index (Phi) is 3.84. The predicted molar refractivity (Wildman–Crippen MR) is 74.1 cm³/mol. The van der Waals surface area contributed by atoms with Crippen LogP contribution < -0.4 is 10.6 Å². The zero-order chi connectivity index (χ0) is 15.0. The van der Waals surface area contributed by atoms with E-state index >= 15 is 0 Å². The molecule has 0 spiro atoms. The SMILES string of the molecule is NCc1cc(N2CCOC3CCCC32)ccc1C(F)(F)F. The smallest absolute Gasteiger partial charge is 0.374 e. The number of ether oxygens (including phenoxy) is 1. The second kappa shape index (κ2) is 5.50. The van der Waals surface area contributed by atoms with Crippen LogP contribution in [0.1, 0.15) is 30.4 Å². The third-order valence-corrected chi connectivity index (χ3v) is 4.43. The van der Waals surface area contributed by atoms with Crippen LogP contribution in [-0.2, 0) is 17.5 Å². The second-order valence-corrected chi connectivity index (χ2v) is 5.64. The third kappa shape index (κ3) is 2.74. The molecule has 1 heterocycles. The van der Waals surface area contributed by atoms with Gasteiger partial charge in [-0.3, -0.25) is 0 Å². The number of fused-ring (bicyclic) bond motifs is 1. The lowest BCUT2D eigenvalue weighted by molar-refractivity contribution is -0.138. The van der Waals surface area contributed by atoms with Crippen molar-refractivity contribution in [3.8, 4) is 0 Å². The Morgan fingerprint density at radius 2 is 2.10 bits per heavy atom. The van der Waals surface area contributed by atoms with E-state index in [4.69, 9.17) is 10.5 Å². The lowest BCUT2D eigenvalue weighted by Crippen LogP contribution is -2.48. The monoisotopic (exact) mass is 300 g/mol. The van der Waals surface area contributed by atoms with Crippen molar-refractivity contribution >= 4 is 5.69 Å². The van der Waals surface area contributed by atoms with Crippen LogP contribution in [0.4, 0.5) is 18.9 Å². The van der Waals surface area contributed by atoms with Crippen molar-refractivity contribution in [2.45, 2.75) is 44.1 Å². The number of halogens is 3. The predicted octanol–water partition coefficient (Wildman–Crippen LogP) is 2.92. The number of hydrogen-bond donors (Lipinski definition) is 1. The summed E-state index contributed by atoms with van der Waals surface area (Å²) in [5.41, 5.74) is 5.85. The minimum Gasteiger partial charge on any atom is -0.374 e. The summed E-state index contributed by atoms with van der Waals surface area (Å²) in [5, 5.41) is 0. The largest absolute Gasteiger partial charge is 0.416 e. The van der Waals surface area contributed by atoms with Crippen molar-refractivity contribution in [1.82, 2.24) is 0 Å². The number of nitrogens with zero attached hydrogens (tertiary/aromatic N) is 1. The van der Waals surface area contributed by atoms with E-state index in [1.165, 1.54) is 0 Å². The number of anilines is 1. The summed E-state index contributed by atoms with van der Waals surface area (Å²) in [6.07, 6.45) is -0.970. The van der Waals surface area contributed by atoms with E-state index in [2.05, 4.69) is 4.90 Å². The van der Waals surface area contributed by atoms with E-state index in [0.717, 1.165) is 37.6 Å². The van der Waals surface area contributed by atoms with Gasteiger partial charge in [-0.2, -0.15) is 13.2 Å². The maximum atomic E-state index is 12.9. The first-order valence-electron chi connectivity index (χ1n) is 7.29. The number of benzene rings is 1. The number of rotatable bonds is 2. The van der Waals surface area contributed by atoms with Gasteiger partial charge >= 0.3 is 6.18 Å². The molecule has 2 atom stereocenters. The van der Waals surface area contributed by atoms with E-state index in [0.29, 0.717) is 6.61 Å². The number of nitrogens with two attached hydrogens (primary N) is 1. The molecule has 1 saturated carbocycles. The Morgan fingerprint density at radius 3 is 2.81 bits per heavy atom. The van der Waals surface area contributed by atoms with Gasteiger partial charge in [0.2, 0.25) is 0 Å². The first-order valence-corrected chi connectivity index (χ1v) is 7.29. The Labute approximate surface area is 121 Å². The van der Waals surface area contributed by atoms with E-state index in [1.54, 1.807) is 12.1 Å². The van der Waals surface area contributed by atoms with Gasteiger partial charge in [-0.05, 0) is 43.0 Å². The van der Waals surface area contributed by atoms with Crippen LogP contribution >= 0.6 is 0 Å². The lowest BCUT2D eigenvalue weighted by Gasteiger charge is -2.39. The molecule has 2 N–H and O–H groups in total. The van der Waals surface area contributed by atoms with Gasteiger partial charge in [-0.15, -0.1) is 0 Å². The first-order chi connectivity index (χ1) is 10.0. The molecule has 2 aliphatic rings. The summed E-state index contributed by atoms with van der Waals surface area (Å²) in [7, 11) is 0. The molecule has 116 valence electrons. The van der Waals surface area contributed by atoms with Crippen molar-refractivity contribution in [2.24, 2.45) is 5.73 Å². The van der Waals surface area contributed by atoms with Crippen LogP contribution in [-0.4, -0.2) is 25.3 Å². The summed E-state index contributed by atoms with van der Waals surface area (Å²) in [6, 6.07) is 4.57. The molecule has 0 amide bonds. The van der Waals surface area contributed by atoms with Gasteiger partial charge in [0, 0.05) is 18.8 Å². The Balaban J connectivity index is 1.92. The summed E-state index contributed by atoms with van der Waals surface area (Å²) in [6.45, 7) is 1.23. The molecular weight excluding hydrogens is 281 g/mol. The van der Waals surface area contributed by atoms with Crippen molar-refractivity contribution in [3.05, 3.63) is 29.3 Å². The average Bonchev–Trinajstić information content (AvgIpc) is 2.93. The van der Waals surface area contributed by atoms with Crippen molar-refractivity contribution in [3.63, 3.8) is 0 Å². The lowest BCUT2D eigenvalue weighted by atomic mass is 10.0. The fourth-order valence-electron chi connectivity index (χ4n) is 3.45. The molecule has 0 radical (unpaired) electrons. The van der Waals surface area contributed by atoms with Gasteiger partial charge in [0.25, 0.3) is 0 Å². The summed E-state index contributed by atoms with van der Waals surface area (Å²) < 4.78 is 44.5. The fraction of sp³-hybridized carbons (Fsp3) is 0.600. The molecule has 1 aliphatic carbocycles. The van der Waals surface area contributed by atoms with E-state index < -0.39 is 11.7 Å². The highest BCUT2D eigenvalue weighted by atomic mass is 19.4. The Morgan fingerprint density at radius 1 is 1.29 bits per heavy atom. The average molecular weight is 300 g/mol. The molecule has 1 saturated heterocycles. The molecule has 1 aliphatic heterocycles. The number of hydrogen-bond acceptors (Lipinski definition) is 3. The molecular formula is C15H19F3N2O. The van der Waals surface area contributed by atoms with Crippen LogP contribution in [0.2, 0.25) is 0 Å². The normalized spacial score (nSPS) is 26.0. The zero-order valence-electron chi connectivity index (χ0n) is 11.7. The standard InChI is InChI=1S/C15H19F3N2O/c16-15(17,18)12-5-4-11(8-10(12)9-19)20-6-7-21-14-3-1-2-13(14)20/h4-5,8,13-14H,1-3,6-7,9,19H2. The van der Waals surface area contributed by atoms with Crippen molar-refractivity contribution in [2.75, 3.05) is 18.1 Å². The molecule has 1 aromatic rings. The van der Waals surface area contributed by atoms with Gasteiger partial charge in [-0.1, -0.05) is 0 Å². The van der Waals surface area contributed by atoms with Gasteiger partial charge in [-0.25, -0.2) is 0 Å². The second-order valence-electron chi connectivity index (χ2n) is 5.64. The topological polar surface area (TPSA) is 38.5 Å². The molecule has 1 aromatic carbocycles. The molecule has 0 bridgehead atoms. The van der Waals surface area contributed by atoms with Crippen molar-refractivity contribution in [1.29, 1.82) is 0 Å². The maximum Gasteiger partial charge on any atom is 0.416 e. The van der Waals surface area contributed by atoms with Gasteiger partial charge in [0.15, 0.2) is 0 Å². The highest BCUT2D eigenvalue weighted by molar-refractivity contribution is 5.53. The minimum absolute atomic E-state index is 0.110. The molecule has 3 nitrogen and oxygen atoms in total. The van der Waals surface area contributed by atoms with Crippen LogP contribution in [0, 0.1) is 0 Å².